The second-order valence-electron chi connectivity index (χ2n) is 3.16. The summed E-state index contributed by atoms with van der Waals surface area (Å²) in [5.41, 5.74) is -2.09. The lowest BCUT2D eigenvalue weighted by Crippen LogP contribution is -2.04. The van der Waals surface area contributed by atoms with Gasteiger partial charge in [-0.05, 0) is 12.5 Å². The highest BCUT2D eigenvalue weighted by Crippen LogP contribution is 2.41. The number of nitro groups is 2. The summed E-state index contributed by atoms with van der Waals surface area (Å²) >= 11 is 5.48. The van der Waals surface area contributed by atoms with Gasteiger partial charge in [-0.25, -0.2) is 8.42 Å². The Morgan fingerprint density at radius 3 is 2.06 bits per heavy atom. The Morgan fingerprint density at radius 2 is 1.72 bits per heavy atom. The van der Waals surface area contributed by atoms with Crippen LogP contribution in [0, 0.1) is 27.2 Å². The first-order valence-electron chi connectivity index (χ1n) is 4.14. The summed E-state index contributed by atoms with van der Waals surface area (Å²) in [6, 6.07) is 0.810. The molecule has 0 amide bonds. The molecular formula is C7H4Cl2N2O6S. The number of hydrogen-bond donors (Lipinski definition) is 0. The van der Waals surface area contributed by atoms with Crippen molar-refractivity contribution in [3.05, 3.63) is 36.9 Å². The largest absolute Gasteiger partial charge is 0.315 e. The van der Waals surface area contributed by atoms with Crippen LogP contribution in [0.15, 0.2) is 11.0 Å². The average molecular weight is 315 g/mol. The summed E-state index contributed by atoms with van der Waals surface area (Å²) < 4.78 is 22.5. The number of halogens is 2. The second-order valence-corrected chi connectivity index (χ2v) is 6.04. The van der Waals surface area contributed by atoms with Gasteiger partial charge < -0.3 is 0 Å². The SMILES string of the molecule is Cc1cc([N+](=O)[O-])c(Cl)c([N+](=O)[O-])c1S(=O)(=O)Cl. The molecule has 8 nitrogen and oxygen atoms in total. The molecule has 0 fully saturated rings. The minimum atomic E-state index is -4.45. The highest BCUT2D eigenvalue weighted by atomic mass is 35.7. The van der Waals surface area contributed by atoms with E-state index in [1.807, 2.05) is 0 Å². The lowest BCUT2D eigenvalue weighted by Gasteiger charge is -2.05. The maximum absolute atomic E-state index is 11.2. The molecule has 0 heterocycles. The predicted octanol–water partition coefficient (Wildman–Crippen LogP) is 2.39. The van der Waals surface area contributed by atoms with E-state index in [-0.39, 0.29) is 5.56 Å². The van der Waals surface area contributed by atoms with Crippen molar-refractivity contribution >= 4 is 42.7 Å². The maximum atomic E-state index is 11.2. The molecule has 1 aromatic carbocycles. The second kappa shape index (κ2) is 4.67. The first-order valence-corrected chi connectivity index (χ1v) is 6.82. The topological polar surface area (TPSA) is 120 Å². The fourth-order valence-electron chi connectivity index (χ4n) is 1.35. The molecule has 0 aromatic heterocycles. The summed E-state index contributed by atoms with van der Waals surface area (Å²) in [7, 11) is 0.606. The Morgan fingerprint density at radius 1 is 1.22 bits per heavy atom. The van der Waals surface area contributed by atoms with Crippen LogP contribution < -0.4 is 0 Å². The third-order valence-electron chi connectivity index (χ3n) is 1.98. The van der Waals surface area contributed by atoms with Crippen LogP contribution in [-0.4, -0.2) is 18.3 Å². The Hall–Kier alpha value is -1.45. The van der Waals surface area contributed by atoms with Gasteiger partial charge in [-0.2, -0.15) is 0 Å². The summed E-state index contributed by atoms with van der Waals surface area (Å²) in [5, 5.41) is 20.5. The standard InChI is InChI=1S/C7H4Cl2N2O6S/c1-3-2-4(10(12)13)5(8)6(11(14)15)7(3)18(9,16)17/h2H,1H3. The minimum Gasteiger partial charge on any atom is -0.258 e. The lowest BCUT2D eigenvalue weighted by atomic mass is 10.2. The zero-order valence-corrected chi connectivity index (χ0v) is 10.9. The molecule has 0 spiro atoms. The molecule has 0 aliphatic heterocycles. The fraction of sp³-hybridized carbons (Fsp3) is 0.143. The van der Waals surface area contributed by atoms with Gasteiger partial charge in [0.1, 0.15) is 0 Å². The van der Waals surface area contributed by atoms with Crippen LogP contribution >= 0.6 is 22.3 Å². The number of rotatable bonds is 3. The van der Waals surface area contributed by atoms with E-state index in [4.69, 9.17) is 22.3 Å². The van der Waals surface area contributed by atoms with Crippen LogP contribution in [0.3, 0.4) is 0 Å². The Bertz CT molecular complexity index is 656. The molecule has 0 unspecified atom stereocenters. The van der Waals surface area contributed by atoms with Crippen molar-refractivity contribution in [1.82, 2.24) is 0 Å². The van der Waals surface area contributed by atoms with E-state index in [1.54, 1.807) is 0 Å². The summed E-state index contributed by atoms with van der Waals surface area (Å²) in [6.07, 6.45) is 0. The van der Waals surface area contributed by atoms with Crippen molar-refractivity contribution in [2.24, 2.45) is 0 Å². The van der Waals surface area contributed by atoms with E-state index in [2.05, 4.69) is 0 Å². The fourth-order valence-corrected chi connectivity index (χ4v) is 3.12. The minimum absolute atomic E-state index is 0.229. The third-order valence-corrected chi connectivity index (χ3v) is 3.82. The van der Waals surface area contributed by atoms with Gasteiger partial charge in [0.05, 0.1) is 9.85 Å². The molecule has 0 radical (unpaired) electrons. The van der Waals surface area contributed by atoms with E-state index in [9.17, 15) is 28.6 Å². The van der Waals surface area contributed by atoms with Crippen molar-refractivity contribution in [3.8, 4) is 0 Å². The zero-order chi connectivity index (χ0) is 14.2. The molecular weight excluding hydrogens is 311 g/mol. The molecule has 0 aliphatic carbocycles. The molecule has 0 saturated heterocycles. The van der Waals surface area contributed by atoms with Gasteiger partial charge in [0.2, 0.25) is 0 Å². The van der Waals surface area contributed by atoms with Crippen LogP contribution in [-0.2, 0) is 9.05 Å². The normalized spacial score (nSPS) is 11.3. The highest BCUT2D eigenvalue weighted by molar-refractivity contribution is 8.13. The Kier molecular flexibility index (Phi) is 3.79. The molecule has 0 bridgehead atoms. The number of hydrogen-bond acceptors (Lipinski definition) is 6. The van der Waals surface area contributed by atoms with Gasteiger partial charge in [-0.3, -0.25) is 20.2 Å². The van der Waals surface area contributed by atoms with Crippen molar-refractivity contribution in [3.63, 3.8) is 0 Å². The number of nitro benzene ring substituents is 2. The molecule has 1 rings (SSSR count). The molecule has 18 heavy (non-hydrogen) atoms. The molecule has 11 heteroatoms. The van der Waals surface area contributed by atoms with Gasteiger partial charge in [-0.1, -0.05) is 11.6 Å². The molecule has 1 aromatic rings. The maximum Gasteiger partial charge on any atom is 0.315 e. The molecule has 0 saturated carbocycles. The third kappa shape index (κ3) is 2.52. The lowest BCUT2D eigenvalue weighted by molar-refractivity contribution is -0.395. The summed E-state index contributed by atoms with van der Waals surface area (Å²) in [4.78, 5) is 18.5. The first-order chi connectivity index (χ1) is 8.07. The smallest absolute Gasteiger partial charge is 0.258 e. The van der Waals surface area contributed by atoms with E-state index >= 15 is 0 Å². The monoisotopic (exact) mass is 314 g/mol. The highest BCUT2D eigenvalue weighted by Gasteiger charge is 2.35. The van der Waals surface area contributed by atoms with Crippen molar-refractivity contribution in [1.29, 1.82) is 0 Å². The van der Waals surface area contributed by atoms with Gasteiger partial charge in [-0.15, -0.1) is 0 Å². The van der Waals surface area contributed by atoms with E-state index in [0.29, 0.717) is 0 Å². The first kappa shape index (κ1) is 14.6. The van der Waals surface area contributed by atoms with Crippen LogP contribution in [0.25, 0.3) is 0 Å². The Labute approximate surface area is 110 Å². The summed E-state index contributed by atoms with van der Waals surface area (Å²) in [5.74, 6) is 0. The van der Waals surface area contributed by atoms with E-state index in [1.165, 1.54) is 0 Å². The molecule has 0 atom stereocenters. The van der Waals surface area contributed by atoms with Crippen molar-refractivity contribution in [2.75, 3.05) is 0 Å². The van der Waals surface area contributed by atoms with Crippen LogP contribution in [0.2, 0.25) is 5.02 Å². The summed E-state index contributed by atoms with van der Waals surface area (Å²) in [6.45, 7) is 1.14. The number of nitrogens with zero attached hydrogens (tertiary/aromatic N) is 2. The van der Waals surface area contributed by atoms with Crippen LogP contribution in [0.1, 0.15) is 5.56 Å². The molecule has 98 valence electrons. The van der Waals surface area contributed by atoms with Crippen molar-refractivity contribution < 1.29 is 18.3 Å². The Balaban J connectivity index is 3.93. The quantitative estimate of drug-likeness (QED) is 0.479. The van der Waals surface area contributed by atoms with Crippen LogP contribution in [0.4, 0.5) is 11.4 Å². The van der Waals surface area contributed by atoms with Crippen LogP contribution in [0.5, 0.6) is 0 Å². The zero-order valence-electron chi connectivity index (χ0n) is 8.59. The number of aryl methyl sites for hydroxylation is 1. The van der Waals surface area contributed by atoms with Gasteiger partial charge in [0.15, 0.2) is 9.92 Å². The van der Waals surface area contributed by atoms with Crippen molar-refractivity contribution in [2.45, 2.75) is 11.8 Å². The predicted molar refractivity (Wildman–Crippen MR) is 62.5 cm³/mol. The van der Waals surface area contributed by atoms with Gasteiger partial charge in [0.25, 0.3) is 14.7 Å². The number of benzene rings is 1. The average Bonchev–Trinajstić information content (AvgIpc) is 2.17. The van der Waals surface area contributed by atoms with Gasteiger partial charge >= 0.3 is 5.69 Å². The molecule has 0 aliphatic rings. The molecule has 0 N–H and O–H groups in total. The van der Waals surface area contributed by atoms with E-state index < -0.39 is 40.2 Å². The van der Waals surface area contributed by atoms with Gasteiger partial charge in [0, 0.05) is 16.7 Å². The van der Waals surface area contributed by atoms with E-state index in [0.717, 1.165) is 13.0 Å².